The number of carbonyl (C=O) groups excluding carboxylic acids is 1. The van der Waals surface area contributed by atoms with Gasteiger partial charge in [0.15, 0.2) is 18.9 Å². The topological polar surface area (TPSA) is 174 Å². The van der Waals surface area contributed by atoms with E-state index >= 15 is 0 Å². The third-order valence-corrected chi connectivity index (χ3v) is 21.7. The number of allylic oxidation sites excluding steroid dienone is 2. The average Bonchev–Trinajstić information content (AvgIpc) is 3.54. The van der Waals surface area contributed by atoms with Gasteiger partial charge in [-0.1, -0.05) is 60.1 Å². The Labute approximate surface area is 460 Å². The van der Waals surface area contributed by atoms with Crippen LogP contribution in [0, 0.1) is 50.2 Å². The first-order chi connectivity index (χ1) is 36.7. The Balaban J connectivity index is 1.15. The molecular formula is C59H100O18. The summed E-state index contributed by atoms with van der Waals surface area (Å²) in [5.41, 5.74) is 0.884. The number of esters is 1. The van der Waals surface area contributed by atoms with Gasteiger partial charge in [-0.2, -0.15) is 0 Å². The van der Waals surface area contributed by atoms with Crippen molar-refractivity contribution in [2.24, 2.45) is 50.2 Å². The minimum absolute atomic E-state index is 0.00591. The molecule has 444 valence electrons. The van der Waals surface area contributed by atoms with E-state index < -0.39 is 97.5 Å². The van der Waals surface area contributed by atoms with E-state index in [0.717, 1.165) is 64.2 Å². The number of methoxy groups -OCH3 is 11. The molecule has 0 bridgehead atoms. The molecule has 3 aliphatic heterocycles. The van der Waals surface area contributed by atoms with Gasteiger partial charge in [0.2, 0.25) is 0 Å². The third kappa shape index (κ3) is 10.6. The molecule has 8 rings (SSSR count). The van der Waals surface area contributed by atoms with Crippen LogP contribution in [0.1, 0.15) is 113 Å². The number of rotatable bonds is 20. The maximum absolute atomic E-state index is 13.9. The first-order valence-corrected chi connectivity index (χ1v) is 28.5. The molecule has 8 aliphatic rings. The fourth-order valence-electron chi connectivity index (χ4n) is 17.6. The van der Waals surface area contributed by atoms with E-state index in [1.165, 1.54) is 5.57 Å². The van der Waals surface area contributed by atoms with E-state index in [-0.39, 0.29) is 64.9 Å². The summed E-state index contributed by atoms with van der Waals surface area (Å²) < 4.78 is 109. The van der Waals surface area contributed by atoms with Crippen molar-refractivity contribution in [2.45, 2.75) is 211 Å². The van der Waals surface area contributed by atoms with Crippen LogP contribution >= 0.6 is 0 Å². The minimum atomic E-state index is -1.06. The van der Waals surface area contributed by atoms with E-state index in [1.807, 2.05) is 0 Å². The second-order valence-electron chi connectivity index (χ2n) is 25.9. The van der Waals surface area contributed by atoms with Crippen LogP contribution in [0.2, 0.25) is 0 Å². The third-order valence-electron chi connectivity index (χ3n) is 21.7. The van der Waals surface area contributed by atoms with Gasteiger partial charge >= 0.3 is 5.97 Å². The number of carbonyl (C=O) groups is 1. The highest BCUT2D eigenvalue weighted by Gasteiger charge is 2.70. The molecule has 0 unspecified atom stereocenters. The monoisotopic (exact) mass is 1100 g/mol. The fourth-order valence-corrected chi connectivity index (χ4v) is 17.6. The summed E-state index contributed by atoms with van der Waals surface area (Å²) in [7, 11) is 17.7. The molecule has 3 heterocycles. The quantitative estimate of drug-likeness (QED) is 0.0673. The molecule has 7 fully saturated rings. The number of ether oxygens (including phenoxy) is 17. The van der Waals surface area contributed by atoms with Crippen LogP contribution in [0.4, 0.5) is 0 Å². The number of hydrogen-bond acceptors (Lipinski definition) is 18. The van der Waals surface area contributed by atoms with E-state index in [0.29, 0.717) is 11.8 Å². The molecule has 77 heavy (non-hydrogen) atoms. The zero-order valence-electron chi connectivity index (χ0n) is 50.1. The molecule has 0 amide bonds. The van der Waals surface area contributed by atoms with Gasteiger partial charge in [0, 0.05) is 71.1 Å². The molecule has 4 saturated carbocycles. The summed E-state index contributed by atoms with van der Waals surface area (Å²) in [6, 6.07) is 0. The predicted molar refractivity (Wildman–Crippen MR) is 283 cm³/mol. The Morgan fingerprint density at radius 2 is 0.974 bits per heavy atom. The van der Waals surface area contributed by atoms with Gasteiger partial charge in [-0.25, -0.2) is 0 Å². The van der Waals surface area contributed by atoms with E-state index in [4.69, 9.17) is 80.5 Å². The van der Waals surface area contributed by atoms with Crippen molar-refractivity contribution in [2.75, 3.05) is 98.0 Å². The summed E-state index contributed by atoms with van der Waals surface area (Å²) in [6.07, 6.45) is 0.369. The second kappa shape index (κ2) is 24.4. The summed E-state index contributed by atoms with van der Waals surface area (Å²) in [4.78, 5) is 13.9. The minimum Gasteiger partial charge on any atom is -0.469 e. The predicted octanol–water partition coefficient (Wildman–Crippen LogP) is 7.34. The second-order valence-corrected chi connectivity index (χ2v) is 25.9. The standard InChI is InChI=1S/C59H100O18/c1-54(2)25-27-59(53(60)71-18)28-26-57(6)33(34(59)29-54)19-20-39-56(5)23-22-40(55(3,4)38(56)21-24-58(39,57)7)75-52-49(77-51-48(70-17)45(68-15)42(65-12)36(73-51)31-62-9)46(43(66-13)37(74-52)32-63-10)76-50-47(69-16)44(67-14)41(64-11)35(72-50)30-61-8/h19,34-52H,20-32H2,1-18H3/t34-,35+,36+,37+,38+,39-,40+,41-,42+,43+,44-,45-,46-,47+,48+,49+,50-,51-,52-,56-,57-,58-,59-/m0/s1. The van der Waals surface area contributed by atoms with Crippen molar-refractivity contribution < 1.29 is 85.3 Å². The smallest absolute Gasteiger partial charge is 0.312 e. The zero-order valence-corrected chi connectivity index (χ0v) is 50.1. The lowest BCUT2D eigenvalue weighted by Crippen LogP contribution is -2.69. The highest BCUT2D eigenvalue weighted by molar-refractivity contribution is 5.78. The van der Waals surface area contributed by atoms with Crippen LogP contribution in [-0.2, 0) is 85.3 Å². The molecule has 0 N–H and O–H groups in total. The van der Waals surface area contributed by atoms with Crippen LogP contribution in [0.3, 0.4) is 0 Å². The largest absolute Gasteiger partial charge is 0.469 e. The van der Waals surface area contributed by atoms with Gasteiger partial charge in [0.05, 0.1) is 38.4 Å². The fraction of sp³-hybridized carbons (Fsp3) is 0.949. The van der Waals surface area contributed by atoms with Crippen LogP contribution in [0.25, 0.3) is 0 Å². The highest BCUT2D eigenvalue weighted by Crippen LogP contribution is 2.76. The molecule has 5 aliphatic carbocycles. The Kier molecular flexibility index (Phi) is 19.5. The lowest BCUT2D eigenvalue weighted by Gasteiger charge is -2.71. The normalized spacial score (nSPS) is 47.4. The van der Waals surface area contributed by atoms with Crippen LogP contribution in [-0.4, -0.2) is 202 Å². The van der Waals surface area contributed by atoms with E-state index in [2.05, 4.69) is 54.5 Å². The summed E-state index contributed by atoms with van der Waals surface area (Å²) >= 11 is 0. The van der Waals surface area contributed by atoms with E-state index in [1.54, 1.807) is 78.2 Å². The van der Waals surface area contributed by atoms with Gasteiger partial charge in [-0.3, -0.25) is 4.79 Å². The molecule has 23 atom stereocenters. The molecular weight excluding hydrogens is 997 g/mol. The molecule has 3 saturated heterocycles. The van der Waals surface area contributed by atoms with Crippen molar-refractivity contribution in [3.8, 4) is 0 Å². The molecule has 0 aromatic heterocycles. The van der Waals surface area contributed by atoms with Gasteiger partial charge in [-0.05, 0) is 109 Å². The Hall–Kier alpha value is -1.43. The zero-order chi connectivity index (χ0) is 56.0. The van der Waals surface area contributed by atoms with Gasteiger partial charge in [-0.15, -0.1) is 0 Å². The van der Waals surface area contributed by atoms with Crippen molar-refractivity contribution in [1.82, 2.24) is 0 Å². The van der Waals surface area contributed by atoms with Crippen LogP contribution in [0.5, 0.6) is 0 Å². The Bertz CT molecular complexity index is 1990. The molecule has 18 heteroatoms. The van der Waals surface area contributed by atoms with Crippen LogP contribution < -0.4 is 0 Å². The van der Waals surface area contributed by atoms with Gasteiger partial charge < -0.3 is 80.5 Å². The highest BCUT2D eigenvalue weighted by atomic mass is 16.8. The Morgan fingerprint density at radius 1 is 0.506 bits per heavy atom. The molecule has 0 spiro atoms. The van der Waals surface area contributed by atoms with Gasteiger partial charge in [0.1, 0.15) is 73.2 Å². The molecule has 0 aromatic rings. The summed E-state index contributed by atoms with van der Waals surface area (Å²) in [6.45, 7) is 17.8. The first-order valence-electron chi connectivity index (χ1n) is 28.5. The summed E-state index contributed by atoms with van der Waals surface area (Å²) in [5.74, 6) is 0.911. The van der Waals surface area contributed by atoms with Crippen molar-refractivity contribution in [3.63, 3.8) is 0 Å². The van der Waals surface area contributed by atoms with E-state index in [9.17, 15) is 4.79 Å². The van der Waals surface area contributed by atoms with Crippen molar-refractivity contribution in [3.05, 3.63) is 11.6 Å². The van der Waals surface area contributed by atoms with Crippen molar-refractivity contribution >= 4 is 5.97 Å². The lowest BCUT2D eigenvalue weighted by atomic mass is 9.33. The first kappa shape index (κ1) is 61.6. The Morgan fingerprint density at radius 3 is 1.45 bits per heavy atom. The lowest BCUT2D eigenvalue weighted by molar-refractivity contribution is -0.404. The maximum Gasteiger partial charge on any atom is 0.312 e. The maximum atomic E-state index is 13.9. The summed E-state index contributed by atoms with van der Waals surface area (Å²) in [5, 5.41) is 0. The van der Waals surface area contributed by atoms with Crippen molar-refractivity contribution in [1.29, 1.82) is 0 Å². The average molecular weight is 1100 g/mol. The number of hydrogen-bond donors (Lipinski definition) is 0. The molecule has 18 nitrogen and oxygen atoms in total. The molecule has 0 aromatic carbocycles. The SMILES string of the molecule is COC[C@H]1O[C@@H](O[C@@H]2[C@@H](O[C@@H]3O[C@H](COC)[C@@H](OC)[C@H](OC)[C@H]3OC)[C@H](O[C@@H]3CC[C@@]4(C)[C@H](CC[C@@]5(C)[C@H]4CC=C4[C@@H]6CC(C)(C)CC[C@]6(C(=O)OC)CC[C@@]45C)C3(C)C)O[C@H](COC)[C@H]2OC)[C@H](OC)[C@@H](OC)[C@H]1OC. The van der Waals surface area contributed by atoms with Gasteiger partial charge in [0.25, 0.3) is 0 Å². The number of fused-ring (bicyclic) bond motifs is 7. The van der Waals surface area contributed by atoms with Crippen LogP contribution in [0.15, 0.2) is 11.6 Å². The molecule has 0 radical (unpaired) electrons.